The fraction of sp³-hybridized carbons (Fsp3) is 0.208. The Morgan fingerprint density at radius 2 is 1.94 bits per heavy atom. The minimum absolute atomic E-state index is 0.00259. The van der Waals surface area contributed by atoms with Crippen molar-refractivity contribution in [2.45, 2.75) is 27.3 Å². The van der Waals surface area contributed by atoms with Crippen LogP contribution in [-0.2, 0) is 11.3 Å². The molecule has 1 amide bonds. The minimum atomic E-state index is -0.424. The maximum Gasteiger partial charge on any atom is 0.312 e. The summed E-state index contributed by atoms with van der Waals surface area (Å²) in [5.74, 6) is 0.367. The molecule has 2 aromatic carbocycles. The number of methoxy groups -OCH3 is 1. The van der Waals surface area contributed by atoms with E-state index in [0.29, 0.717) is 27.9 Å². The van der Waals surface area contributed by atoms with E-state index in [9.17, 15) is 14.9 Å². The van der Waals surface area contributed by atoms with Crippen molar-refractivity contribution in [3.05, 3.63) is 86.4 Å². The van der Waals surface area contributed by atoms with Crippen LogP contribution in [0.15, 0.2) is 48.2 Å². The molecule has 0 saturated carbocycles. The van der Waals surface area contributed by atoms with Crippen LogP contribution in [0.5, 0.6) is 5.75 Å². The van der Waals surface area contributed by atoms with E-state index in [4.69, 9.17) is 17.0 Å². The third kappa shape index (κ3) is 4.15. The van der Waals surface area contributed by atoms with Gasteiger partial charge in [-0.15, -0.1) is 0 Å². The van der Waals surface area contributed by atoms with Crippen LogP contribution in [-0.4, -0.2) is 32.8 Å². The monoisotopic (exact) mass is 477 g/mol. The summed E-state index contributed by atoms with van der Waals surface area (Å²) < 4.78 is 7.07. The van der Waals surface area contributed by atoms with Crippen molar-refractivity contribution < 1.29 is 14.5 Å². The van der Waals surface area contributed by atoms with Gasteiger partial charge in [0.25, 0.3) is 5.91 Å². The molecule has 3 aromatic rings. The van der Waals surface area contributed by atoms with E-state index in [1.165, 1.54) is 4.90 Å². The molecule has 0 aliphatic carbocycles. The number of aryl methyl sites for hydroxylation is 2. The quantitative estimate of drug-likeness (QED) is 0.247. The zero-order valence-corrected chi connectivity index (χ0v) is 20.0. The van der Waals surface area contributed by atoms with Gasteiger partial charge in [0.2, 0.25) is 0 Å². The number of nitrogens with zero attached hydrogens (tertiary/aromatic N) is 4. The van der Waals surface area contributed by atoms with Gasteiger partial charge < -0.3 is 10.1 Å². The molecule has 0 atom stereocenters. The van der Waals surface area contributed by atoms with Crippen LogP contribution in [0.3, 0.4) is 0 Å². The summed E-state index contributed by atoms with van der Waals surface area (Å²) >= 11 is 5.42. The van der Waals surface area contributed by atoms with Gasteiger partial charge in [-0.1, -0.05) is 24.3 Å². The molecule has 0 bridgehead atoms. The lowest BCUT2D eigenvalue weighted by Crippen LogP contribution is -2.30. The van der Waals surface area contributed by atoms with Crippen molar-refractivity contribution in [3.8, 4) is 5.75 Å². The van der Waals surface area contributed by atoms with E-state index in [1.807, 2.05) is 43.3 Å². The molecule has 4 rings (SSSR count). The molecule has 2 heterocycles. The van der Waals surface area contributed by atoms with E-state index in [-0.39, 0.29) is 18.1 Å². The van der Waals surface area contributed by atoms with Crippen LogP contribution in [0.1, 0.15) is 28.1 Å². The Balaban J connectivity index is 1.67. The standard InChI is InChI=1S/C24H23N5O4S/c1-14-7-5-6-8-20(14)28-23(30)19(25-24(28)34)12-17-9-10-21(33-4)18(11-17)13-27-16(3)22(29(31)32)15(2)26-27/h5-12H,13H2,1-4H3,(H,25,34)/b19-12+. The molecule has 0 unspecified atom stereocenters. The first-order valence-corrected chi connectivity index (χ1v) is 10.9. The first kappa shape index (κ1) is 23.1. The fourth-order valence-corrected chi connectivity index (χ4v) is 4.30. The summed E-state index contributed by atoms with van der Waals surface area (Å²) in [7, 11) is 1.56. The average molecular weight is 478 g/mol. The summed E-state index contributed by atoms with van der Waals surface area (Å²) in [5.41, 5.74) is 4.35. The smallest absolute Gasteiger partial charge is 0.312 e. The van der Waals surface area contributed by atoms with Crippen molar-refractivity contribution in [3.63, 3.8) is 0 Å². The number of nitrogens with one attached hydrogen (secondary N) is 1. The highest BCUT2D eigenvalue weighted by Crippen LogP contribution is 2.28. The molecule has 1 aliphatic rings. The second-order valence-electron chi connectivity index (χ2n) is 7.92. The lowest BCUT2D eigenvalue weighted by Gasteiger charge is -2.16. The van der Waals surface area contributed by atoms with Crippen molar-refractivity contribution in [2.75, 3.05) is 12.0 Å². The molecule has 10 heteroatoms. The number of nitro groups is 1. The van der Waals surface area contributed by atoms with Crippen molar-refractivity contribution >= 4 is 40.7 Å². The number of benzene rings is 2. The Hall–Kier alpha value is -4.05. The highest BCUT2D eigenvalue weighted by atomic mass is 32.1. The molecule has 174 valence electrons. The first-order chi connectivity index (χ1) is 16.2. The van der Waals surface area contributed by atoms with Crippen LogP contribution in [0.25, 0.3) is 6.08 Å². The Bertz CT molecular complexity index is 1360. The van der Waals surface area contributed by atoms with Crippen LogP contribution in [0, 0.1) is 30.9 Å². The second-order valence-corrected chi connectivity index (χ2v) is 8.31. The van der Waals surface area contributed by atoms with Crippen molar-refractivity contribution in [1.29, 1.82) is 0 Å². The average Bonchev–Trinajstić information content (AvgIpc) is 3.22. The predicted octanol–water partition coefficient (Wildman–Crippen LogP) is 4.04. The number of amides is 1. The molecule has 0 spiro atoms. The van der Waals surface area contributed by atoms with Gasteiger partial charge in [0.15, 0.2) is 5.11 Å². The maximum atomic E-state index is 13.1. The molecule has 1 fully saturated rings. The fourth-order valence-electron chi connectivity index (χ4n) is 4.01. The topological polar surface area (TPSA) is 103 Å². The Morgan fingerprint density at radius 3 is 2.59 bits per heavy atom. The van der Waals surface area contributed by atoms with Crippen LogP contribution < -0.4 is 15.0 Å². The number of aromatic nitrogens is 2. The van der Waals surface area contributed by atoms with Gasteiger partial charge in [-0.2, -0.15) is 5.10 Å². The number of carbonyl (C=O) groups excluding carboxylic acids is 1. The number of hydrogen-bond donors (Lipinski definition) is 1. The van der Waals surface area contributed by atoms with Crippen molar-refractivity contribution in [2.24, 2.45) is 0 Å². The SMILES string of the molecule is COc1ccc(/C=C2/NC(=S)N(c3ccccc3C)C2=O)cc1Cn1nc(C)c([N+](=O)[O-])c1C. The molecular formula is C24H23N5O4S. The zero-order chi connectivity index (χ0) is 24.6. The molecule has 1 N–H and O–H groups in total. The van der Waals surface area contributed by atoms with E-state index in [1.54, 1.807) is 37.8 Å². The number of thiocarbonyl (C=S) groups is 1. The highest BCUT2D eigenvalue weighted by molar-refractivity contribution is 7.80. The molecule has 9 nitrogen and oxygen atoms in total. The van der Waals surface area contributed by atoms with E-state index in [0.717, 1.165) is 22.4 Å². The normalized spacial score (nSPS) is 14.6. The van der Waals surface area contributed by atoms with Gasteiger partial charge in [0, 0.05) is 5.56 Å². The van der Waals surface area contributed by atoms with Gasteiger partial charge in [0.05, 0.1) is 24.3 Å². The maximum absolute atomic E-state index is 13.1. The Labute approximate surface area is 201 Å². The van der Waals surface area contributed by atoms with E-state index >= 15 is 0 Å². The molecule has 0 radical (unpaired) electrons. The summed E-state index contributed by atoms with van der Waals surface area (Å²) in [5, 5.41) is 19.0. The molecule has 1 aliphatic heterocycles. The van der Waals surface area contributed by atoms with E-state index < -0.39 is 4.92 Å². The number of carbonyl (C=O) groups is 1. The van der Waals surface area contributed by atoms with E-state index in [2.05, 4.69) is 10.4 Å². The zero-order valence-electron chi connectivity index (χ0n) is 19.2. The molecule has 1 saturated heterocycles. The summed E-state index contributed by atoms with van der Waals surface area (Å²) in [6, 6.07) is 13.0. The van der Waals surface area contributed by atoms with Gasteiger partial charge >= 0.3 is 5.69 Å². The van der Waals surface area contributed by atoms with Gasteiger partial charge in [-0.3, -0.25) is 24.5 Å². The largest absolute Gasteiger partial charge is 0.496 e. The molecule has 34 heavy (non-hydrogen) atoms. The lowest BCUT2D eigenvalue weighted by molar-refractivity contribution is -0.386. The summed E-state index contributed by atoms with van der Waals surface area (Å²) in [6.07, 6.45) is 1.72. The first-order valence-electron chi connectivity index (χ1n) is 10.5. The third-order valence-electron chi connectivity index (χ3n) is 5.70. The lowest BCUT2D eigenvalue weighted by atomic mass is 10.1. The third-order valence-corrected chi connectivity index (χ3v) is 5.98. The predicted molar refractivity (Wildman–Crippen MR) is 133 cm³/mol. The summed E-state index contributed by atoms with van der Waals surface area (Å²) in [6.45, 7) is 5.47. The van der Waals surface area contributed by atoms with Crippen LogP contribution in [0.4, 0.5) is 11.4 Å². The number of rotatable bonds is 6. The highest BCUT2D eigenvalue weighted by Gasteiger charge is 2.32. The molecule has 1 aromatic heterocycles. The number of para-hydroxylation sites is 1. The second kappa shape index (κ2) is 9.06. The number of ether oxygens (including phenoxy) is 1. The van der Waals surface area contributed by atoms with Crippen LogP contribution in [0.2, 0.25) is 0 Å². The summed E-state index contributed by atoms with van der Waals surface area (Å²) in [4.78, 5) is 25.5. The van der Waals surface area contributed by atoms with Gasteiger partial charge in [-0.05, 0) is 68.4 Å². The van der Waals surface area contributed by atoms with Gasteiger partial charge in [0.1, 0.15) is 22.8 Å². The van der Waals surface area contributed by atoms with Gasteiger partial charge in [-0.25, -0.2) is 0 Å². The van der Waals surface area contributed by atoms with Crippen LogP contribution >= 0.6 is 12.2 Å². The minimum Gasteiger partial charge on any atom is -0.496 e. The Morgan fingerprint density at radius 1 is 1.21 bits per heavy atom. The number of anilines is 1. The number of hydrogen-bond acceptors (Lipinski definition) is 6. The van der Waals surface area contributed by atoms with Crippen molar-refractivity contribution in [1.82, 2.24) is 15.1 Å². The molecular weight excluding hydrogens is 454 g/mol. The Kier molecular flexibility index (Phi) is 6.16.